The quantitative estimate of drug-likeness (QED) is 0.237. The summed E-state index contributed by atoms with van der Waals surface area (Å²) >= 11 is 0. The molecule has 46 heavy (non-hydrogen) atoms. The second-order valence-electron chi connectivity index (χ2n) is 12.9. The summed E-state index contributed by atoms with van der Waals surface area (Å²) in [5, 5.41) is 16.2. The molecule has 2 amide bonds. The second-order valence-corrected chi connectivity index (χ2v) is 12.9. The normalized spacial score (nSPS) is 21.0. The van der Waals surface area contributed by atoms with Crippen LogP contribution in [0.4, 0.5) is 17.6 Å². The zero-order valence-corrected chi connectivity index (χ0v) is 26.4. The molecular formula is C33H39F4N7O2. The highest BCUT2D eigenvalue weighted by molar-refractivity contribution is 6.46. The van der Waals surface area contributed by atoms with Gasteiger partial charge in [0.1, 0.15) is 17.2 Å². The fourth-order valence-corrected chi connectivity index (χ4v) is 6.72. The lowest BCUT2D eigenvalue weighted by Gasteiger charge is -2.48. The summed E-state index contributed by atoms with van der Waals surface area (Å²) in [4.78, 5) is 33.8. The first-order chi connectivity index (χ1) is 21.8. The van der Waals surface area contributed by atoms with E-state index in [0.717, 1.165) is 37.0 Å². The monoisotopic (exact) mass is 641 g/mol. The number of alkyl halides is 3. The summed E-state index contributed by atoms with van der Waals surface area (Å²) in [5.74, 6) is -1.22. The first kappa shape index (κ1) is 33.2. The number of carbonyl (C=O) groups is 2. The van der Waals surface area contributed by atoms with Gasteiger partial charge in [0.2, 0.25) is 0 Å². The average Bonchev–Trinajstić information content (AvgIpc) is 3.64. The Morgan fingerprint density at radius 2 is 1.80 bits per heavy atom. The van der Waals surface area contributed by atoms with Gasteiger partial charge in [0, 0.05) is 11.1 Å². The van der Waals surface area contributed by atoms with Crippen LogP contribution in [0.15, 0.2) is 47.5 Å². The number of rotatable bonds is 10. The van der Waals surface area contributed by atoms with E-state index in [9.17, 15) is 27.2 Å². The topological polar surface area (TPSA) is 116 Å². The van der Waals surface area contributed by atoms with Crippen molar-refractivity contribution in [1.82, 2.24) is 30.8 Å². The van der Waals surface area contributed by atoms with Gasteiger partial charge < -0.3 is 10.2 Å². The molecule has 2 aliphatic rings. The van der Waals surface area contributed by atoms with Gasteiger partial charge in [-0.05, 0) is 79.3 Å². The standard InChI is InChI=1S/C33H39F4N7O2/c1-5-7-26(20-8-10-21(11-9-20)29(45)38-19-27-40-42-43-41-27)44-30(46)28(22-16-24(33(35,36)37)18-25(34)17-22)39-32(44)14-12-23(13-15-32)31(3,4)6-2/h8-11,16-18,23,26H,5-7,12-15,19H2,1-4H3,(H,38,45)(H,40,41,42,43)/t23?,26-,32?/m1/s1. The van der Waals surface area contributed by atoms with Gasteiger partial charge in [-0.3, -0.25) is 14.6 Å². The third kappa shape index (κ3) is 6.68. The molecule has 1 aromatic heterocycles. The van der Waals surface area contributed by atoms with E-state index in [4.69, 9.17) is 4.99 Å². The zero-order chi connectivity index (χ0) is 33.3. The van der Waals surface area contributed by atoms with Crippen LogP contribution in [0.1, 0.15) is 112 Å². The second kappa shape index (κ2) is 12.9. The lowest BCUT2D eigenvalue weighted by Crippen LogP contribution is -2.51. The van der Waals surface area contributed by atoms with Crippen LogP contribution in [-0.4, -0.2) is 48.7 Å². The Kier molecular flexibility index (Phi) is 9.33. The number of amides is 2. The Bertz CT molecular complexity index is 1580. The van der Waals surface area contributed by atoms with E-state index < -0.39 is 35.2 Å². The van der Waals surface area contributed by atoms with Gasteiger partial charge >= 0.3 is 6.18 Å². The van der Waals surface area contributed by atoms with Crippen LogP contribution in [0.3, 0.4) is 0 Å². The largest absolute Gasteiger partial charge is 0.416 e. The van der Waals surface area contributed by atoms with Gasteiger partial charge in [-0.1, -0.05) is 57.9 Å². The molecule has 3 aromatic rings. The van der Waals surface area contributed by atoms with Crippen LogP contribution in [-0.2, 0) is 17.5 Å². The fourth-order valence-electron chi connectivity index (χ4n) is 6.72. The molecule has 1 saturated carbocycles. The van der Waals surface area contributed by atoms with Crippen LogP contribution in [0, 0.1) is 17.2 Å². The van der Waals surface area contributed by atoms with E-state index >= 15 is 0 Å². The van der Waals surface area contributed by atoms with Gasteiger partial charge in [-0.2, -0.15) is 18.4 Å². The summed E-state index contributed by atoms with van der Waals surface area (Å²) in [6.07, 6.45) is 0.108. The Hall–Kier alpha value is -4.16. The minimum Gasteiger partial charge on any atom is -0.345 e. The first-order valence-corrected chi connectivity index (χ1v) is 15.7. The molecule has 13 heteroatoms. The molecule has 0 bridgehead atoms. The number of aliphatic imine (C=N–C) groups is 1. The van der Waals surface area contributed by atoms with Gasteiger partial charge in [0.05, 0.1) is 18.2 Å². The lowest BCUT2D eigenvalue weighted by atomic mass is 9.67. The maximum Gasteiger partial charge on any atom is 0.416 e. The highest BCUT2D eigenvalue weighted by atomic mass is 19.4. The van der Waals surface area contributed by atoms with E-state index in [1.807, 2.05) is 6.92 Å². The van der Waals surface area contributed by atoms with Crippen LogP contribution < -0.4 is 5.32 Å². The van der Waals surface area contributed by atoms with Crippen molar-refractivity contribution in [2.75, 3.05) is 0 Å². The first-order valence-electron chi connectivity index (χ1n) is 15.7. The molecule has 2 heterocycles. The maximum atomic E-state index is 14.5. The molecule has 1 atom stereocenters. The van der Waals surface area contributed by atoms with Crippen LogP contribution in [0.2, 0.25) is 0 Å². The SMILES string of the molecule is CCC[C@H](c1ccc(C(=O)NCc2nn[nH]n2)cc1)N1C(=O)C(c2cc(F)cc(C(F)(F)F)c2)=NC12CCC(C(C)(C)CC)CC2. The molecule has 5 rings (SSSR count). The summed E-state index contributed by atoms with van der Waals surface area (Å²) < 4.78 is 55.5. The smallest absolute Gasteiger partial charge is 0.345 e. The van der Waals surface area contributed by atoms with Crippen LogP contribution in [0.25, 0.3) is 0 Å². The van der Waals surface area contributed by atoms with Crippen molar-refractivity contribution in [2.24, 2.45) is 16.3 Å². The molecule has 2 N–H and O–H groups in total. The van der Waals surface area contributed by atoms with Gasteiger partial charge in [-0.15, -0.1) is 10.2 Å². The third-order valence-corrected chi connectivity index (χ3v) is 9.72. The Labute approximate surface area is 265 Å². The van der Waals surface area contributed by atoms with Gasteiger partial charge in [-0.25, -0.2) is 4.39 Å². The number of tetrazole rings is 1. The molecule has 1 fully saturated rings. The number of aromatic nitrogens is 4. The van der Waals surface area contributed by atoms with E-state index in [0.29, 0.717) is 49.1 Å². The maximum absolute atomic E-state index is 14.5. The van der Waals surface area contributed by atoms with Crippen molar-refractivity contribution in [3.05, 3.63) is 76.4 Å². The van der Waals surface area contributed by atoms with Crippen molar-refractivity contribution in [3.63, 3.8) is 0 Å². The van der Waals surface area contributed by atoms with Gasteiger partial charge in [0.15, 0.2) is 5.82 Å². The summed E-state index contributed by atoms with van der Waals surface area (Å²) in [5.41, 5.74) is -1.25. The minimum atomic E-state index is -4.79. The number of aromatic amines is 1. The van der Waals surface area contributed by atoms with Gasteiger partial charge in [0.25, 0.3) is 11.8 Å². The number of halogens is 4. The Morgan fingerprint density at radius 1 is 1.11 bits per heavy atom. The Morgan fingerprint density at radius 3 is 2.39 bits per heavy atom. The molecule has 0 saturated heterocycles. The van der Waals surface area contributed by atoms with Crippen molar-refractivity contribution in [3.8, 4) is 0 Å². The number of hydrogen-bond donors (Lipinski definition) is 2. The molecule has 1 spiro atoms. The predicted octanol–water partition coefficient (Wildman–Crippen LogP) is 6.78. The molecule has 1 aliphatic carbocycles. The van der Waals surface area contributed by atoms with Crippen molar-refractivity contribution in [1.29, 1.82) is 0 Å². The Balaban J connectivity index is 1.50. The molecule has 1 aliphatic heterocycles. The predicted molar refractivity (Wildman–Crippen MR) is 163 cm³/mol. The summed E-state index contributed by atoms with van der Waals surface area (Å²) in [6, 6.07) is 8.63. The third-order valence-electron chi connectivity index (χ3n) is 9.72. The highest BCUT2D eigenvalue weighted by Gasteiger charge is 2.53. The molecule has 9 nitrogen and oxygen atoms in total. The number of nitrogens with zero attached hydrogens (tertiary/aromatic N) is 5. The number of carbonyl (C=O) groups excluding carboxylic acids is 2. The molecule has 246 valence electrons. The van der Waals surface area contributed by atoms with Crippen molar-refractivity contribution >= 4 is 17.5 Å². The minimum absolute atomic E-state index is 0.0781. The number of hydrogen-bond acceptors (Lipinski definition) is 6. The highest BCUT2D eigenvalue weighted by Crippen LogP contribution is 2.50. The van der Waals surface area contributed by atoms with E-state index in [1.54, 1.807) is 29.2 Å². The van der Waals surface area contributed by atoms with E-state index in [2.05, 4.69) is 46.7 Å². The zero-order valence-electron chi connectivity index (χ0n) is 26.4. The van der Waals surface area contributed by atoms with E-state index in [1.165, 1.54) is 0 Å². The number of nitrogens with one attached hydrogen (secondary N) is 2. The van der Waals surface area contributed by atoms with Crippen molar-refractivity contribution in [2.45, 2.75) is 97.1 Å². The molecule has 0 unspecified atom stereocenters. The van der Waals surface area contributed by atoms with Crippen LogP contribution >= 0.6 is 0 Å². The number of H-pyrrole nitrogens is 1. The fraction of sp³-hybridized carbons (Fsp3) is 0.515. The average molecular weight is 642 g/mol. The summed E-state index contributed by atoms with van der Waals surface area (Å²) in [6.45, 7) is 8.69. The van der Waals surface area contributed by atoms with Crippen LogP contribution in [0.5, 0.6) is 0 Å². The lowest BCUT2D eigenvalue weighted by molar-refractivity contribution is -0.138. The van der Waals surface area contributed by atoms with Crippen molar-refractivity contribution < 1.29 is 27.2 Å². The number of benzene rings is 2. The molecule has 0 radical (unpaired) electrons. The molecule has 2 aromatic carbocycles. The molecular weight excluding hydrogens is 602 g/mol. The van der Waals surface area contributed by atoms with E-state index in [-0.39, 0.29) is 29.1 Å². The summed E-state index contributed by atoms with van der Waals surface area (Å²) in [7, 11) is 0.